The Hall–Kier alpha value is -0.510. The Labute approximate surface area is 223 Å². The van der Waals surface area contributed by atoms with E-state index in [1.807, 2.05) is 27.7 Å². The van der Waals surface area contributed by atoms with E-state index in [0.29, 0.717) is 32.9 Å². The summed E-state index contributed by atoms with van der Waals surface area (Å²) in [5, 5.41) is 0. The van der Waals surface area contributed by atoms with Crippen LogP contribution in [0, 0.1) is 0 Å². The number of carbonyl (C=O) groups excluding carboxylic acids is 2. The Balaban J connectivity index is -0.000000477. The molecule has 2 amide bonds. The molecule has 0 aliphatic rings. The first-order chi connectivity index (χ1) is 17.0. The van der Waals surface area contributed by atoms with E-state index in [1.54, 1.807) is 44.4 Å². The molecule has 36 heavy (non-hydrogen) atoms. The average Bonchev–Trinajstić information content (AvgIpc) is 2.82. The molecule has 218 valence electrons. The Morgan fingerprint density at radius 2 is 0.889 bits per heavy atom. The van der Waals surface area contributed by atoms with Crippen LogP contribution in [0.5, 0.6) is 0 Å². The largest absolute Gasteiger partial charge is 0.474 e. The summed E-state index contributed by atoms with van der Waals surface area (Å²) in [4.78, 5) is 25.8. The first-order valence-corrected chi connectivity index (χ1v) is 16.2. The van der Waals surface area contributed by atoms with Crippen LogP contribution in [-0.4, -0.2) is 92.9 Å². The molecule has 0 radical (unpaired) electrons. The number of hydrogen-bond donors (Lipinski definition) is 0. The zero-order valence-electron chi connectivity index (χ0n) is 23.6. The van der Waals surface area contributed by atoms with E-state index in [1.165, 1.54) is 0 Å². The lowest BCUT2D eigenvalue weighted by Crippen LogP contribution is -2.33. The third-order valence-electron chi connectivity index (χ3n) is 4.19. The van der Waals surface area contributed by atoms with Crippen LogP contribution in [0.1, 0.15) is 62.3 Å². The smallest absolute Gasteiger partial charge is 0.343 e. The summed E-state index contributed by atoms with van der Waals surface area (Å²) in [6, 6.07) is 0. The van der Waals surface area contributed by atoms with Gasteiger partial charge in [-0.25, -0.2) is 4.57 Å². The van der Waals surface area contributed by atoms with Crippen LogP contribution in [-0.2, 0) is 41.3 Å². The highest BCUT2D eigenvalue weighted by Gasteiger charge is 2.29. The number of hydrogen-bond acceptors (Lipinski definition) is 9. The molecule has 0 aliphatic heterocycles. The van der Waals surface area contributed by atoms with Gasteiger partial charge in [-0.2, -0.15) is 0 Å². The summed E-state index contributed by atoms with van der Waals surface area (Å²) >= 11 is 5.31. The van der Waals surface area contributed by atoms with E-state index in [0.717, 1.165) is 13.1 Å². The van der Waals surface area contributed by atoms with Gasteiger partial charge in [-0.3, -0.25) is 27.7 Å². The minimum absolute atomic E-state index is 0.0154. The summed E-state index contributed by atoms with van der Waals surface area (Å²) < 4.78 is 48.0. The molecule has 0 rings (SSSR count). The van der Waals surface area contributed by atoms with E-state index >= 15 is 0 Å². The van der Waals surface area contributed by atoms with Crippen LogP contribution in [0.3, 0.4) is 0 Å². The van der Waals surface area contributed by atoms with Crippen molar-refractivity contribution in [3.63, 3.8) is 0 Å². The van der Waals surface area contributed by atoms with Crippen molar-refractivity contribution in [2.24, 2.45) is 0 Å². The van der Waals surface area contributed by atoms with E-state index < -0.39 is 15.4 Å². The summed E-state index contributed by atoms with van der Waals surface area (Å²) in [7, 11) is -6.47. The normalized spacial score (nSPS) is 11.1. The van der Waals surface area contributed by atoms with Gasteiger partial charge in [0.25, 0.3) is 0 Å². The number of rotatable bonds is 17. The Bertz CT molecular complexity index is 615. The molecule has 14 heteroatoms. The van der Waals surface area contributed by atoms with Crippen LogP contribution in [0.15, 0.2) is 0 Å². The monoisotopic (exact) mass is 582 g/mol. The molecule has 0 aromatic carbocycles. The molecular formula is C22H49ClN2O9P2. The highest BCUT2D eigenvalue weighted by molar-refractivity contribution is 7.54. The quantitative estimate of drug-likeness (QED) is 0.163. The predicted octanol–water partition coefficient (Wildman–Crippen LogP) is 5.42. The third kappa shape index (κ3) is 19.6. The Morgan fingerprint density at radius 1 is 0.583 bits per heavy atom. The minimum atomic E-state index is -3.25. The van der Waals surface area contributed by atoms with Crippen molar-refractivity contribution in [2.75, 3.05) is 71.3 Å². The molecule has 0 N–H and O–H groups in total. The van der Waals surface area contributed by atoms with E-state index in [4.69, 9.17) is 34.2 Å². The molecule has 0 aromatic heterocycles. The summed E-state index contributed by atoms with van der Waals surface area (Å²) in [5.41, 5.74) is 0. The lowest BCUT2D eigenvalue weighted by molar-refractivity contribution is -0.129. The predicted molar refractivity (Wildman–Crippen MR) is 145 cm³/mol. The molecule has 0 saturated carbocycles. The molecule has 0 heterocycles. The third-order valence-corrected chi connectivity index (χ3v) is 8.10. The van der Waals surface area contributed by atoms with Gasteiger partial charge in [0, 0.05) is 26.2 Å². The maximum Gasteiger partial charge on any atom is 0.474 e. The van der Waals surface area contributed by atoms with Gasteiger partial charge >= 0.3 is 15.4 Å². The van der Waals surface area contributed by atoms with E-state index in [9.17, 15) is 18.7 Å². The highest BCUT2D eigenvalue weighted by atomic mass is 35.5. The fourth-order valence-corrected chi connectivity index (χ4v) is 5.53. The topological polar surface area (TPSA) is 121 Å². The van der Waals surface area contributed by atoms with Gasteiger partial charge in [-0.15, -0.1) is 11.6 Å². The van der Waals surface area contributed by atoms with Crippen molar-refractivity contribution in [1.29, 1.82) is 0 Å². The first kappa shape index (κ1) is 40.0. The van der Waals surface area contributed by atoms with Crippen LogP contribution < -0.4 is 0 Å². The van der Waals surface area contributed by atoms with Gasteiger partial charge in [0.1, 0.15) is 12.0 Å². The molecule has 0 aromatic rings. The number of phosphoric ester groups is 1. The molecule has 0 spiro atoms. The molecule has 11 nitrogen and oxygen atoms in total. The van der Waals surface area contributed by atoms with E-state index in [2.05, 4.69) is 0 Å². The van der Waals surface area contributed by atoms with Gasteiger partial charge in [0.15, 0.2) is 0 Å². The fraction of sp³-hybridized carbons (Fsp3) is 0.909. The molecule has 0 aliphatic carbocycles. The molecule has 0 atom stereocenters. The molecule has 0 saturated heterocycles. The van der Waals surface area contributed by atoms with Crippen molar-refractivity contribution in [3.05, 3.63) is 0 Å². The molecular weight excluding hydrogens is 534 g/mol. The zero-order chi connectivity index (χ0) is 28.6. The van der Waals surface area contributed by atoms with Crippen molar-refractivity contribution in [1.82, 2.24) is 9.80 Å². The number of phosphoric acid groups is 1. The van der Waals surface area contributed by atoms with Crippen molar-refractivity contribution in [2.45, 2.75) is 62.3 Å². The Kier molecular flexibility index (Phi) is 27.6. The van der Waals surface area contributed by atoms with E-state index in [-0.39, 0.29) is 37.1 Å². The number of halogens is 1. The van der Waals surface area contributed by atoms with Gasteiger partial charge in [-0.1, -0.05) is 0 Å². The fourth-order valence-electron chi connectivity index (χ4n) is 2.61. The van der Waals surface area contributed by atoms with Gasteiger partial charge in [0.05, 0.1) is 33.0 Å². The maximum atomic E-state index is 12.1. The second kappa shape index (κ2) is 24.8. The lowest BCUT2D eigenvalue weighted by Gasteiger charge is -2.22. The molecule has 0 unspecified atom stereocenters. The van der Waals surface area contributed by atoms with Crippen molar-refractivity contribution in [3.8, 4) is 0 Å². The van der Waals surface area contributed by atoms with Gasteiger partial charge < -0.3 is 18.8 Å². The van der Waals surface area contributed by atoms with Crippen molar-refractivity contribution >= 4 is 38.8 Å². The van der Waals surface area contributed by atoms with Crippen LogP contribution in [0.25, 0.3) is 0 Å². The maximum absolute atomic E-state index is 12.1. The number of carbonyl (C=O) groups is 2. The van der Waals surface area contributed by atoms with Crippen LogP contribution >= 0.6 is 27.0 Å². The number of alkyl halides is 1. The highest BCUT2D eigenvalue weighted by Crippen LogP contribution is 2.49. The average molecular weight is 583 g/mol. The number of amides is 2. The first-order valence-electron chi connectivity index (χ1n) is 12.5. The van der Waals surface area contributed by atoms with Crippen molar-refractivity contribution < 1.29 is 41.3 Å². The minimum Gasteiger partial charge on any atom is -0.343 e. The molecule has 0 fully saturated rings. The lowest BCUT2D eigenvalue weighted by atomic mass is 10.5. The SMILES string of the molecule is CCN(CC)C(=O)CCl.CCOP(=O)(CC(=O)N(CC)CC)OCC.CCOP(=O)(OCC)OCC. The second-order valence-electron chi connectivity index (χ2n) is 6.57. The summed E-state index contributed by atoms with van der Waals surface area (Å²) in [5.74, 6) is -0.0706. The summed E-state index contributed by atoms with van der Waals surface area (Å²) in [6.45, 7) is 20.6. The standard InChI is InChI=1S/C10H22NO4P.C6H12ClNO.C6H15O4P/c1-5-11(6-2)10(12)9-16(13,14-7-3)15-8-4;1-3-8(4-2)6(9)5-7;1-4-8-11(7,9-5-2)10-6-3/h5-9H2,1-4H3;3-5H2,1-2H3;4-6H2,1-3H3. The van der Waals surface area contributed by atoms with Crippen LogP contribution in [0.4, 0.5) is 0 Å². The van der Waals surface area contributed by atoms with Gasteiger partial charge in [-0.05, 0) is 62.3 Å². The number of nitrogens with zero attached hydrogens (tertiary/aromatic N) is 2. The summed E-state index contributed by atoms with van der Waals surface area (Å²) in [6.07, 6.45) is -0.170. The van der Waals surface area contributed by atoms with Crippen LogP contribution in [0.2, 0.25) is 0 Å². The molecule has 0 bridgehead atoms. The Morgan fingerprint density at radius 3 is 1.11 bits per heavy atom. The van der Waals surface area contributed by atoms with Gasteiger partial charge in [0.2, 0.25) is 11.8 Å². The zero-order valence-corrected chi connectivity index (χ0v) is 26.2. The second-order valence-corrected chi connectivity index (χ2v) is 10.6.